The summed E-state index contributed by atoms with van der Waals surface area (Å²) in [6.45, 7) is 1.50. The molecule has 1 unspecified atom stereocenters. The van der Waals surface area contributed by atoms with Crippen molar-refractivity contribution >= 4 is 5.91 Å². The summed E-state index contributed by atoms with van der Waals surface area (Å²) in [4.78, 5) is 14.5. The Morgan fingerprint density at radius 3 is 1.87 bits per heavy atom. The van der Waals surface area contributed by atoms with E-state index in [4.69, 9.17) is 10.5 Å². The lowest BCUT2D eigenvalue weighted by Crippen LogP contribution is -2.35. The van der Waals surface area contributed by atoms with E-state index in [0.29, 0.717) is 26.1 Å². The Hall–Kier alpha value is -2.17. The minimum atomic E-state index is -0.239. The van der Waals surface area contributed by atoms with Crippen LogP contribution in [0.3, 0.4) is 0 Å². The first-order chi connectivity index (χ1) is 11.2. The molecule has 0 aliphatic carbocycles. The second-order valence-electron chi connectivity index (χ2n) is 5.52. The zero-order valence-electron chi connectivity index (χ0n) is 13.5. The third-order valence-electron chi connectivity index (χ3n) is 3.78. The lowest BCUT2D eigenvalue weighted by atomic mass is 10.1. The van der Waals surface area contributed by atoms with Gasteiger partial charge in [0.2, 0.25) is 5.91 Å². The molecule has 4 heteroatoms. The van der Waals surface area contributed by atoms with Crippen molar-refractivity contribution in [2.24, 2.45) is 5.73 Å². The number of carbonyl (C=O) groups excluding carboxylic acids is 1. The summed E-state index contributed by atoms with van der Waals surface area (Å²) < 4.78 is 5.25. The molecule has 0 saturated heterocycles. The largest absolute Gasteiger partial charge is 0.380 e. The van der Waals surface area contributed by atoms with Gasteiger partial charge in [0.25, 0.3) is 0 Å². The molecular formula is C19H24N2O2. The Bertz CT molecular complexity index is 541. The van der Waals surface area contributed by atoms with Gasteiger partial charge in [-0.2, -0.15) is 0 Å². The van der Waals surface area contributed by atoms with Crippen LogP contribution in [0.25, 0.3) is 0 Å². The lowest BCUT2D eigenvalue weighted by molar-refractivity contribution is -0.134. The topological polar surface area (TPSA) is 55.6 Å². The molecule has 0 heterocycles. The maximum Gasteiger partial charge on any atom is 0.225 e. The van der Waals surface area contributed by atoms with Gasteiger partial charge in [-0.15, -0.1) is 0 Å². The van der Waals surface area contributed by atoms with Crippen molar-refractivity contribution in [1.29, 1.82) is 0 Å². The van der Waals surface area contributed by atoms with Crippen LogP contribution in [-0.2, 0) is 22.6 Å². The summed E-state index contributed by atoms with van der Waals surface area (Å²) in [6, 6.07) is 20.0. The molecular weight excluding hydrogens is 288 g/mol. The Balaban J connectivity index is 2.11. The van der Waals surface area contributed by atoms with E-state index in [2.05, 4.69) is 0 Å². The van der Waals surface area contributed by atoms with Crippen molar-refractivity contribution in [3.63, 3.8) is 0 Å². The van der Waals surface area contributed by atoms with Gasteiger partial charge in [-0.3, -0.25) is 4.79 Å². The van der Waals surface area contributed by atoms with Crippen LogP contribution in [0, 0.1) is 0 Å². The third kappa shape index (κ3) is 5.51. The van der Waals surface area contributed by atoms with E-state index >= 15 is 0 Å². The highest BCUT2D eigenvalue weighted by atomic mass is 16.5. The predicted molar refractivity (Wildman–Crippen MR) is 91.6 cm³/mol. The van der Waals surface area contributed by atoms with Gasteiger partial charge in [0.15, 0.2) is 0 Å². The zero-order valence-corrected chi connectivity index (χ0v) is 13.5. The number of ether oxygens (including phenoxy) is 1. The Kier molecular flexibility index (Phi) is 6.78. The van der Waals surface area contributed by atoms with Gasteiger partial charge in [-0.1, -0.05) is 60.7 Å². The average molecular weight is 312 g/mol. The van der Waals surface area contributed by atoms with Crippen LogP contribution < -0.4 is 5.73 Å². The second kappa shape index (κ2) is 9.08. The number of nitrogens with two attached hydrogens (primary N) is 1. The molecule has 0 spiro atoms. The molecule has 2 aromatic carbocycles. The number of carbonyl (C=O) groups is 1. The van der Waals surface area contributed by atoms with Crippen molar-refractivity contribution < 1.29 is 9.53 Å². The number of hydrogen-bond acceptors (Lipinski definition) is 3. The summed E-state index contributed by atoms with van der Waals surface area (Å²) in [7, 11) is 1.59. The molecule has 2 rings (SSSR count). The number of methoxy groups -OCH3 is 1. The van der Waals surface area contributed by atoms with Crippen molar-refractivity contribution in [1.82, 2.24) is 4.90 Å². The number of benzene rings is 2. The average Bonchev–Trinajstić information content (AvgIpc) is 2.60. The van der Waals surface area contributed by atoms with E-state index in [1.807, 2.05) is 65.6 Å². The summed E-state index contributed by atoms with van der Waals surface area (Å²) in [6.07, 6.45) is 0.0590. The van der Waals surface area contributed by atoms with Crippen LogP contribution in [-0.4, -0.2) is 30.6 Å². The number of amides is 1. The summed E-state index contributed by atoms with van der Waals surface area (Å²) in [5, 5.41) is 0. The highest BCUT2D eigenvalue weighted by Crippen LogP contribution is 2.13. The maximum absolute atomic E-state index is 12.7. The Morgan fingerprint density at radius 1 is 1.00 bits per heavy atom. The highest BCUT2D eigenvalue weighted by molar-refractivity contribution is 5.76. The first-order valence-electron chi connectivity index (χ1n) is 7.81. The molecule has 0 bridgehead atoms. The molecule has 1 atom stereocenters. The van der Waals surface area contributed by atoms with Crippen molar-refractivity contribution in [3.8, 4) is 0 Å². The van der Waals surface area contributed by atoms with Gasteiger partial charge in [0, 0.05) is 26.7 Å². The standard InChI is InChI=1S/C19H24N2O2/c1-23-18(13-20)12-19(22)21(14-16-8-4-2-5-9-16)15-17-10-6-3-7-11-17/h2-11,18H,12-15,20H2,1H3. The van der Waals surface area contributed by atoms with Gasteiger partial charge in [-0.05, 0) is 11.1 Å². The fraction of sp³-hybridized carbons (Fsp3) is 0.316. The van der Waals surface area contributed by atoms with E-state index in [-0.39, 0.29) is 12.0 Å². The molecule has 0 fully saturated rings. The molecule has 0 radical (unpaired) electrons. The third-order valence-corrected chi connectivity index (χ3v) is 3.78. The molecule has 2 aromatic rings. The van der Waals surface area contributed by atoms with Crippen LogP contribution in [0.4, 0.5) is 0 Å². The van der Waals surface area contributed by atoms with Crippen LogP contribution in [0.15, 0.2) is 60.7 Å². The van der Waals surface area contributed by atoms with Gasteiger partial charge in [0.1, 0.15) is 0 Å². The SMILES string of the molecule is COC(CN)CC(=O)N(Cc1ccccc1)Cc1ccccc1. The van der Waals surface area contributed by atoms with Crippen molar-refractivity contribution in [2.45, 2.75) is 25.6 Å². The minimum Gasteiger partial charge on any atom is -0.380 e. The highest BCUT2D eigenvalue weighted by Gasteiger charge is 2.19. The van der Waals surface area contributed by atoms with Crippen LogP contribution in [0.1, 0.15) is 17.5 Å². The lowest BCUT2D eigenvalue weighted by Gasteiger charge is -2.25. The second-order valence-corrected chi connectivity index (χ2v) is 5.52. The summed E-state index contributed by atoms with van der Waals surface area (Å²) >= 11 is 0. The smallest absolute Gasteiger partial charge is 0.225 e. The number of nitrogens with zero attached hydrogens (tertiary/aromatic N) is 1. The molecule has 23 heavy (non-hydrogen) atoms. The first-order valence-corrected chi connectivity index (χ1v) is 7.81. The molecule has 4 nitrogen and oxygen atoms in total. The Labute approximate surface area is 137 Å². The van der Waals surface area contributed by atoms with Crippen molar-refractivity contribution in [2.75, 3.05) is 13.7 Å². The van der Waals surface area contributed by atoms with Gasteiger partial charge in [0.05, 0.1) is 12.5 Å². The molecule has 0 aliphatic heterocycles. The van der Waals surface area contributed by atoms with Gasteiger partial charge < -0.3 is 15.4 Å². The quantitative estimate of drug-likeness (QED) is 0.815. The fourth-order valence-electron chi connectivity index (χ4n) is 2.43. The summed E-state index contributed by atoms with van der Waals surface area (Å²) in [5.41, 5.74) is 7.86. The molecule has 2 N–H and O–H groups in total. The Morgan fingerprint density at radius 2 is 1.48 bits per heavy atom. The molecule has 0 aliphatic rings. The molecule has 0 saturated carbocycles. The van der Waals surface area contributed by atoms with E-state index in [9.17, 15) is 4.79 Å². The van der Waals surface area contributed by atoms with Gasteiger partial charge >= 0.3 is 0 Å². The van der Waals surface area contributed by atoms with E-state index in [1.54, 1.807) is 7.11 Å². The van der Waals surface area contributed by atoms with Crippen molar-refractivity contribution in [3.05, 3.63) is 71.8 Å². The molecule has 122 valence electrons. The maximum atomic E-state index is 12.7. The minimum absolute atomic E-state index is 0.0509. The number of hydrogen-bond donors (Lipinski definition) is 1. The van der Waals surface area contributed by atoms with E-state index in [0.717, 1.165) is 11.1 Å². The normalized spacial score (nSPS) is 11.9. The van der Waals surface area contributed by atoms with E-state index < -0.39 is 0 Å². The first kappa shape index (κ1) is 17.2. The molecule has 0 aromatic heterocycles. The van der Waals surface area contributed by atoms with E-state index in [1.165, 1.54) is 0 Å². The number of rotatable bonds is 8. The summed E-state index contributed by atoms with van der Waals surface area (Å²) in [5.74, 6) is 0.0509. The van der Waals surface area contributed by atoms with Crippen LogP contribution in [0.5, 0.6) is 0 Å². The van der Waals surface area contributed by atoms with Crippen LogP contribution >= 0.6 is 0 Å². The molecule has 1 amide bonds. The van der Waals surface area contributed by atoms with Gasteiger partial charge in [-0.25, -0.2) is 0 Å². The fourth-order valence-corrected chi connectivity index (χ4v) is 2.43. The monoisotopic (exact) mass is 312 g/mol. The predicted octanol–water partition coefficient (Wildman–Crippen LogP) is 2.58. The zero-order chi connectivity index (χ0) is 16.5. The van der Waals surface area contributed by atoms with Crippen LogP contribution in [0.2, 0.25) is 0 Å².